The van der Waals surface area contributed by atoms with Crippen LogP contribution in [0.1, 0.15) is 55.8 Å². The van der Waals surface area contributed by atoms with Crippen LogP contribution in [0.15, 0.2) is 18.2 Å². The minimum Gasteiger partial charge on any atom is -0.487 e. The van der Waals surface area contributed by atoms with Gasteiger partial charge in [0.25, 0.3) is 0 Å². The molecule has 0 aliphatic rings. The summed E-state index contributed by atoms with van der Waals surface area (Å²) in [4.78, 5) is 21.0. The molecular formula is C15H21NO4. The van der Waals surface area contributed by atoms with Crippen LogP contribution in [-0.2, 0) is 0 Å². The van der Waals surface area contributed by atoms with Crippen molar-refractivity contribution in [2.45, 2.75) is 45.4 Å². The lowest BCUT2D eigenvalue weighted by atomic mass is 10.1. The molecule has 0 heterocycles. The van der Waals surface area contributed by atoms with Crippen LogP contribution >= 0.6 is 0 Å². The minimum absolute atomic E-state index is 0.152. The molecule has 0 N–H and O–H groups in total. The standard InChI is InChI=1S/C15H21NO4/c1-2-3-4-5-6-7-10-20-15-9-8-13(12-17)11-14(15)16(18)19/h8-9,11-12H,2-7,10H2,1H3. The molecule has 0 spiro atoms. The van der Waals surface area contributed by atoms with Crippen LogP contribution in [-0.4, -0.2) is 17.8 Å². The van der Waals surface area contributed by atoms with Crippen LogP contribution < -0.4 is 4.74 Å². The molecule has 110 valence electrons. The van der Waals surface area contributed by atoms with E-state index in [1.54, 1.807) is 0 Å². The Bertz CT molecular complexity index is 445. The van der Waals surface area contributed by atoms with Crippen molar-refractivity contribution in [2.75, 3.05) is 6.61 Å². The molecule has 5 heteroatoms. The molecule has 0 saturated heterocycles. The van der Waals surface area contributed by atoms with Gasteiger partial charge < -0.3 is 4.74 Å². The molecule has 0 radical (unpaired) electrons. The first kappa shape index (κ1) is 16.1. The Morgan fingerprint density at radius 3 is 2.55 bits per heavy atom. The van der Waals surface area contributed by atoms with Gasteiger partial charge in [0.05, 0.1) is 11.5 Å². The number of nitro benzene ring substituents is 1. The Hall–Kier alpha value is -1.91. The Labute approximate surface area is 119 Å². The largest absolute Gasteiger partial charge is 0.487 e. The van der Waals surface area contributed by atoms with E-state index in [4.69, 9.17) is 4.74 Å². The quantitative estimate of drug-likeness (QED) is 0.279. The second-order valence-electron chi connectivity index (χ2n) is 4.72. The maximum atomic E-state index is 10.9. The van der Waals surface area contributed by atoms with E-state index in [-0.39, 0.29) is 17.0 Å². The van der Waals surface area contributed by atoms with Crippen molar-refractivity contribution < 1.29 is 14.5 Å². The summed E-state index contributed by atoms with van der Waals surface area (Å²) in [5.74, 6) is 0.231. The molecule has 0 amide bonds. The highest BCUT2D eigenvalue weighted by molar-refractivity contribution is 5.77. The molecule has 0 aromatic heterocycles. The van der Waals surface area contributed by atoms with Gasteiger partial charge in [-0.25, -0.2) is 0 Å². The van der Waals surface area contributed by atoms with Gasteiger partial charge in [-0.1, -0.05) is 39.0 Å². The van der Waals surface area contributed by atoms with Gasteiger partial charge in [0.2, 0.25) is 0 Å². The van der Waals surface area contributed by atoms with Crippen molar-refractivity contribution >= 4 is 12.0 Å². The number of carbonyl (C=O) groups is 1. The molecule has 0 aliphatic carbocycles. The number of aldehydes is 1. The third-order valence-corrected chi connectivity index (χ3v) is 3.07. The maximum Gasteiger partial charge on any atom is 0.311 e. The number of ether oxygens (including phenoxy) is 1. The fourth-order valence-electron chi connectivity index (χ4n) is 1.94. The molecule has 5 nitrogen and oxygen atoms in total. The lowest BCUT2D eigenvalue weighted by Gasteiger charge is -2.07. The van der Waals surface area contributed by atoms with Crippen LogP contribution in [0.3, 0.4) is 0 Å². The van der Waals surface area contributed by atoms with Crippen molar-refractivity contribution in [2.24, 2.45) is 0 Å². The van der Waals surface area contributed by atoms with Gasteiger partial charge in [0.1, 0.15) is 6.29 Å². The van der Waals surface area contributed by atoms with Crippen molar-refractivity contribution in [3.05, 3.63) is 33.9 Å². The molecule has 0 aliphatic heterocycles. The molecule has 0 atom stereocenters. The van der Waals surface area contributed by atoms with E-state index in [9.17, 15) is 14.9 Å². The number of nitro groups is 1. The van der Waals surface area contributed by atoms with E-state index in [2.05, 4.69) is 6.92 Å². The van der Waals surface area contributed by atoms with E-state index in [1.807, 2.05) is 0 Å². The van der Waals surface area contributed by atoms with Gasteiger partial charge in [-0.3, -0.25) is 14.9 Å². The average Bonchev–Trinajstić information content (AvgIpc) is 2.46. The normalized spacial score (nSPS) is 10.2. The van der Waals surface area contributed by atoms with E-state index in [1.165, 1.54) is 43.9 Å². The predicted molar refractivity (Wildman–Crippen MR) is 77.4 cm³/mol. The van der Waals surface area contributed by atoms with E-state index in [0.29, 0.717) is 12.9 Å². The lowest BCUT2D eigenvalue weighted by molar-refractivity contribution is -0.385. The third kappa shape index (κ3) is 5.38. The summed E-state index contributed by atoms with van der Waals surface area (Å²) in [6, 6.07) is 4.25. The van der Waals surface area contributed by atoms with Crippen molar-refractivity contribution in [3.63, 3.8) is 0 Å². The number of nitrogens with zero attached hydrogens (tertiary/aromatic N) is 1. The molecular weight excluding hydrogens is 258 g/mol. The van der Waals surface area contributed by atoms with E-state index < -0.39 is 4.92 Å². The SMILES string of the molecule is CCCCCCCCOc1ccc(C=O)cc1[N+](=O)[O-]. The van der Waals surface area contributed by atoms with Crippen molar-refractivity contribution in [3.8, 4) is 5.75 Å². The third-order valence-electron chi connectivity index (χ3n) is 3.07. The van der Waals surface area contributed by atoms with Crippen LogP contribution in [0, 0.1) is 10.1 Å². The zero-order chi connectivity index (χ0) is 14.8. The summed E-state index contributed by atoms with van der Waals surface area (Å²) in [7, 11) is 0. The summed E-state index contributed by atoms with van der Waals surface area (Å²) in [6.07, 6.45) is 7.40. The van der Waals surface area contributed by atoms with Crippen LogP contribution in [0.25, 0.3) is 0 Å². The zero-order valence-corrected chi connectivity index (χ0v) is 11.8. The fourth-order valence-corrected chi connectivity index (χ4v) is 1.94. The number of rotatable bonds is 10. The highest BCUT2D eigenvalue weighted by Gasteiger charge is 2.15. The fraction of sp³-hybridized carbons (Fsp3) is 0.533. The van der Waals surface area contributed by atoms with Gasteiger partial charge >= 0.3 is 5.69 Å². The number of hydrogen-bond donors (Lipinski definition) is 0. The summed E-state index contributed by atoms with van der Waals surface area (Å²) < 4.78 is 5.45. The van der Waals surface area contributed by atoms with Gasteiger partial charge in [-0.05, 0) is 18.6 Å². The highest BCUT2D eigenvalue weighted by Crippen LogP contribution is 2.27. The molecule has 0 saturated carbocycles. The molecule has 20 heavy (non-hydrogen) atoms. The second kappa shape index (κ2) is 9.07. The molecule has 0 fully saturated rings. The molecule has 1 aromatic rings. The molecule has 1 rings (SSSR count). The Morgan fingerprint density at radius 2 is 1.90 bits per heavy atom. The zero-order valence-electron chi connectivity index (χ0n) is 11.8. The Kier molecular flexibility index (Phi) is 7.32. The van der Waals surface area contributed by atoms with E-state index >= 15 is 0 Å². The van der Waals surface area contributed by atoms with Crippen LogP contribution in [0.4, 0.5) is 5.69 Å². The van der Waals surface area contributed by atoms with Crippen molar-refractivity contribution in [1.82, 2.24) is 0 Å². The Morgan fingerprint density at radius 1 is 1.20 bits per heavy atom. The topological polar surface area (TPSA) is 69.4 Å². The first-order valence-electron chi connectivity index (χ1n) is 7.05. The monoisotopic (exact) mass is 279 g/mol. The van der Waals surface area contributed by atoms with Gasteiger partial charge in [-0.15, -0.1) is 0 Å². The highest BCUT2D eigenvalue weighted by atomic mass is 16.6. The lowest BCUT2D eigenvalue weighted by Crippen LogP contribution is -2.01. The van der Waals surface area contributed by atoms with Gasteiger partial charge in [0.15, 0.2) is 5.75 Å². The average molecular weight is 279 g/mol. The summed E-state index contributed by atoms with van der Waals surface area (Å²) in [5, 5.41) is 10.9. The first-order chi connectivity index (χ1) is 9.69. The summed E-state index contributed by atoms with van der Waals surface area (Å²) in [6.45, 7) is 2.64. The maximum absolute atomic E-state index is 10.9. The van der Waals surface area contributed by atoms with Crippen LogP contribution in [0.2, 0.25) is 0 Å². The Balaban J connectivity index is 2.43. The first-order valence-corrected chi connectivity index (χ1v) is 7.05. The minimum atomic E-state index is -0.524. The van der Waals surface area contributed by atoms with Gasteiger partial charge in [-0.2, -0.15) is 0 Å². The van der Waals surface area contributed by atoms with Crippen molar-refractivity contribution in [1.29, 1.82) is 0 Å². The van der Waals surface area contributed by atoms with Crippen LogP contribution in [0.5, 0.6) is 5.75 Å². The number of unbranched alkanes of at least 4 members (excludes halogenated alkanes) is 5. The number of hydrogen-bond acceptors (Lipinski definition) is 4. The smallest absolute Gasteiger partial charge is 0.311 e. The number of carbonyl (C=O) groups excluding carboxylic acids is 1. The summed E-state index contributed by atoms with van der Waals surface area (Å²) in [5.41, 5.74) is 0.129. The van der Waals surface area contributed by atoms with E-state index in [0.717, 1.165) is 12.8 Å². The second-order valence-corrected chi connectivity index (χ2v) is 4.72. The molecule has 0 bridgehead atoms. The number of benzene rings is 1. The summed E-state index contributed by atoms with van der Waals surface area (Å²) >= 11 is 0. The molecule has 0 unspecified atom stereocenters. The van der Waals surface area contributed by atoms with Gasteiger partial charge in [0, 0.05) is 11.6 Å². The predicted octanol–water partition coefficient (Wildman–Crippen LogP) is 4.15. The molecule has 1 aromatic carbocycles.